The van der Waals surface area contributed by atoms with Crippen molar-refractivity contribution >= 4 is 54.3 Å². The van der Waals surface area contributed by atoms with Gasteiger partial charge < -0.3 is 28.4 Å². The smallest absolute Gasteiger partial charge is 0.792 e. The molecular weight excluding hydrogens is 928 g/mol. The molecule has 0 saturated carbocycles. The van der Waals surface area contributed by atoms with E-state index in [9.17, 15) is 28.4 Å². The van der Waals surface area contributed by atoms with Crippen molar-refractivity contribution in [1.29, 1.82) is 0 Å². The number of aromatic nitrogens is 3. The van der Waals surface area contributed by atoms with E-state index in [0.717, 1.165) is 0 Å². The third-order valence-corrected chi connectivity index (χ3v) is 15.4. The van der Waals surface area contributed by atoms with Gasteiger partial charge in [0.2, 0.25) is 0 Å². The minimum atomic E-state index is -4.16. The summed E-state index contributed by atoms with van der Waals surface area (Å²) >= 11 is 0. The monoisotopic (exact) mass is 971 g/mol. The Hall–Kier alpha value is -3.10. The molecule has 1 aliphatic rings. The average molecular weight is 970 g/mol. The molecule has 4 heterocycles. The number of hydrogen-bond donors (Lipinski definition) is 0. The molecule has 1 saturated heterocycles. The Morgan fingerprint density at radius 1 is 0.379 bits per heavy atom. The van der Waals surface area contributed by atoms with Crippen LogP contribution in [-0.2, 0) is 33.3 Å². The second kappa shape index (κ2) is 20.0. The van der Waals surface area contributed by atoms with Crippen LogP contribution >= 0.6 is 22.1 Å². The molecule has 6 aromatic rings. The normalized spacial score (nSPS) is 17.6. The first-order chi connectivity index (χ1) is 27.5. The van der Waals surface area contributed by atoms with Gasteiger partial charge in [0.05, 0.1) is 55.5 Å². The third kappa shape index (κ3) is 11.0. The zero-order valence-electron chi connectivity index (χ0n) is 31.6. The molecule has 0 bridgehead atoms. The Balaban J connectivity index is 0.00000567. The van der Waals surface area contributed by atoms with Crippen molar-refractivity contribution in [2.75, 3.05) is 39.3 Å². The van der Waals surface area contributed by atoms with Crippen molar-refractivity contribution < 1.29 is 68.8 Å². The summed E-state index contributed by atoms with van der Waals surface area (Å²) in [6.45, 7) is 4.84. The van der Waals surface area contributed by atoms with E-state index in [0.29, 0.717) is 76.0 Å². The molecule has 58 heavy (non-hydrogen) atoms. The molecular formula is C42H42N6O6P3Sm. The number of rotatable bonds is 12. The molecule has 0 aliphatic carbocycles. The maximum Gasteiger partial charge on any atom is 3.00 e. The zero-order valence-corrected chi connectivity index (χ0v) is 36.9. The van der Waals surface area contributed by atoms with Crippen LogP contribution in [-0.4, -0.2) is 68.9 Å². The molecule has 3 unspecified atom stereocenters. The second-order valence-corrected chi connectivity index (χ2v) is 20.2. The van der Waals surface area contributed by atoms with Crippen LogP contribution in [0.25, 0.3) is 0 Å². The van der Waals surface area contributed by atoms with Crippen LogP contribution in [0.5, 0.6) is 0 Å². The Morgan fingerprint density at radius 3 is 0.862 bits per heavy atom. The van der Waals surface area contributed by atoms with Crippen LogP contribution in [0.4, 0.5) is 0 Å². The second-order valence-electron chi connectivity index (χ2n) is 14.0. The molecule has 0 N–H and O–H groups in total. The van der Waals surface area contributed by atoms with Gasteiger partial charge in [-0.05, 0) is 36.4 Å². The zero-order chi connectivity index (χ0) is 39.9. The minimum absolute atomic E-state index is 0. The van der Waals surface area contributed by atoms with Gasteiger partial charge in [-0.15, -0.1) is 0 Å². The van der Waals surface area contributed by atoms with Crippen LogP contribution in [0.2, 0.25) is 0 Å². The Bertz CT molecular complexity index is 2150. The molecule has 0 spiro atoms. The topological polar surface area (TPSA) is 169 Å². The van der Waals surface area contributed by atoms with E-state index in [1.807, 2.05) is 18.2 Å². The van der Waals surface area contributed by atoms with E-state index in [2.05, 4.69) is 29.7 Å². The predicted molar refractivity (Wildman–Crippen MR) is 218 cm³/mol. The number of pyridine rings is 3. The van der Waals surface area contributed by atoms with E-state index in [1.165, 1.54) is 18.2 Å². The fraction of sp³-hybridized carbons (Fsp3) is 0.214. The largest absolute Gasteiger partial charge is 3.00 e. The maximum absolute atomic E-state index is 13.4. The molecule has 1 radical (unpaired) electrons. The molecule has 0 amide bonds. The van der Waals surface area contributed by atoms with Crippen molar-refractivity contribution in [1.82, 2.24) is 29.7 Å². The standard InChI is InChI=1S/C42H45N6O6P3.Sm/c49-55(50,37-16-4-1-5-17-37)40-22-10-13-34(43-40)31-46-25-27-47(32-35-14-11-23-41(44-35)56(51,52)38-18-6-2-7-19-38)29-30-48(28-26-46)33-36-15-12-24-42(45-36)57(53,54)39-20-8-3-9-21-39;/h1-24H,25-33H2,(H,49,50)(H,51,52)(H,53,54);/q;+3/p-3. The van der Waals surface area contributed by atoms with Gasteiger partial charge in [0.25, 0.3) is 0 Å². The average Bonchev–Trinajstić information content (AvgIpc) is 3.33. The molecule has 16 heteroatoms. The summed E-state index contributed by atoms with van der Waals surface area (Å²) in [6.07, 6.45) is 0. The van der Waals surface area contributed by atoms with E-state index in [-0.39, 0.29) is 72.6 Å². The number of hydrogen-bond acceptors (Lipinski definition) is 12. The summed E-state index contributed by atoms with van der Waals surface area (Å²) in [5.41, 5.74) is 1.85. The summed E-state index contributed by atoms with van der Waals surface area (Å²) in [5, 5.41) is 0.606. The van der Waals surface area contributed by atoms with Gasteiger partial charge in [-0.2, -0.15) is 0 Å². The van der Waals surface area contributed by atoms with Crippen molar-refractivity contribution in [2.24, 2.45) is 0 Å². The molecule has 3 atom stereocenters. The first-order valence-electron chi connectivity index (χ1n) is 18.6. The Kier molecular flexibility index (Phi) is 15.3. The molecule has 3 aromatic heterocycles. The SMILES string of the molecule is O=P([O-])(c1ccccc1)c1cccc(CN2CCN(Cc3cccc(P(=O)([O-])c4ccccc4)n3)CCN(Cc3cccc(P(=O)([O-])c4ccccc4)n3)CC2)n1.[Sm+3]. The van der Waals surface area contributed by atoms with E-state index < -0.39 is 22.1 Å². The van der Waals surface area contributed by atoms with Gasteiger partial charge in [-0.3, -0.25) is 14.7 Å². The summed E-state index contributed by atoms with van der Waals surface area (Å²) in [5.74, 6) is 0. The van der Waals surface area contributed by atoms with Crippen LogP contribution in [0, 0.1) is 40.4 Å². The van der Waals surface area contributed by atoms with Crippen molar-refractivity contribution in [3.63, 3.8) is 0 Å². The minimum Gasteiger partial charge on any atom is -0.792 e. The van der Waals surface area contributed by atoms with Gasteiger partial charge >= 0.3 is 40.4 Å². The quantitative estimate of drug-likeness (QED) is 0.162. The van der Waals surface area contributed by atoms with Crippen molar-refractivity contribution in [3.05, 3.63) is 163 Å². The van der Waals surface area contributed by atoms with Gasteiger partial charge in [-0.1, -0.05) is 109 Å². The summed E-state index contributed by atoms with van der Waals surface area (Å²) in [7, 11) is -12.5. The molecule has 297 valence electrons. The van der Waals surface area contributed by atoms with Crippen molar-refractivity contribution in [2.45, 2.75) is 19.6 Å². The van der Waals surface area contributed by atoms with Gasteiger partial charge in [0.15, 0.2) is 0 Å². The van der Waals surface area contributed by atoms with Gasteiger partial charge in [0, 0.05) is 74.8 Å². The summed E-state index contributed by atoms with van der Waals surface area (Å²) in [6, 6.07) is 40.0. The van der Waals surface area contributed by atoms with Crippen LogP contribution in [0.3, 0.4) is 0 Å². The van der Waals surface area contributed by atoms with Gasteiger partial charge in [-0.25, -0.2) is 15.0 Å². The van der Waals surface area contributed by atoms with E-state index >= 15 is 0 Å². The maximum atomic E-state index is 13.4. The number of benzene rings is 3. The van der Waals surface area contributed by atoms with E-state index in [4.69, 9.17) is 0 Å². The first-order valence-corrected chi connectivity index (χ1v) is 23.5. The first kappa shape index (κ1) is 44.5. The molecule has 1 fully saturated rings. The fourth-order valence-corrected chi connectivity index (χ4v) is 10.9. The van der Waals surface area contributed by atoms with Crippen molar-refractivity contribution in [3.8, 4) is 0 Å². The Morgan fingerprint density at radius 2 is 0.621 bits per heavy atom. The van der Waals surface area contributed by atoms with Crippen LogP contribution in [0.1, 0.15) is 17.1 Å². The third-order valence-electron chi connectivity index (χ3n) is 9.92. The molecule has 3 aromatic carbocycles. The fourth-order valence-electron chi connectivity index (χ4n) is 6.77. The molecule has 7 rings (SSSR count). The summed E-state index contributed by atoms with van der Waals surface area (Å²) in [4.78, 5) is 60.8. The predicted octanol–water partition coefficient (Wildman–Crippen LogP) is 1.46. The molecule has 1 aliphatic heterocycles. The van der Waals surface area contributed by atoms with Crippen LogP contribution in [0.15, 0.2) is 146 Å². The van der Waals surface area contributed by atoms with Crippen LogP contribution < -0.4 is 46.9 Å². The summed E-state index contributed by atoms with van der Waals surface area (Å²) < 4.78 is 40.3. The van der Waals surface area contributed by atoms with Gasteiger partial charge in [0.1, 0.15) is 0 Å². The van der Waals surface area contributed by atoms with E-state index in [1.54, 1.807) is 109 Å². The number of nitrogens with zero attached hydrogens (tertiary/aromatic N) is 6. The Labute approximate surface area is 371 Å². The molecule has 12 nitrogen and oxygen atoms in total.